The van der Waals surface area contributed by atoms with E-state index in [1.807, 2.05) is 20.0 Å². The summed E-state index contributed by atoms with van der Waals surface area (Å²) in [7, 11) is 0. The molecule has 0 spiro atoms. The van der Waals surface area contributed by atoms with Gasteiger partial charge in [0.1, 0.15) is 0 Å². The van der Waals surface area contributed by atoms with Gasteiger partial charge in [-0.1, -0.05) is 6.92 Å². The van der Waals surface area contributed by atoms with Crippen LogP contribution >= 0.6 is 11.3 Å². The Morgan fingerprint density at radius 1 is 1.68 bits per heavy atom. The Morgan fingerprint density at radius 3 is 3.05 bits per heavy atom. The fourth-order valence-electron chi connectivity index (χ4n) is 2.07. The lowest BCUT2D eigenvalue weighted by atomic mass is 10.1. The van der Waals surface area contributed by atoms with E-state index < -0.39 is 0 Å². The molecule has 5 nitrogen and oxygen atoms in total. The number of urea groups is 1. The molecule has 1 aromatic heterocycles. The van der Waals surface area contributed by atoms with Crippen molar-refractivity contribution in [1.82, 2.24) is 15.6 Å². The first-order chi connectivity index (χ1) is 9.06. The molecule has 0 radical (unpaired) electrons. The number of hydrogen-bond donors (Lipinski definition) is 2. The number of carbonyl (C=O) groups excluding carboxylic acids is 1. The van der Waals surface area contributed by atoms with E-state index in [1.54, 1.807) is 11.3 Å². The van der Waals surface area contributed by atoms with Crippen LogP contribution in [0.3, 0.4) is 0 Å². The molecule has 0 aromatic carbocycles. The molecule has 1 fully saturated rings. The zero-order valence-corrected chi connectivity index (χ0v) is 12.4. The molecule has 0 unspecified atom stereocenters. The van der Waals surface area contributed by atoms with Crippen molar-refractivity contribution in [2.24, 2.45) is 0 Å². The number of rotatable bonds is 4. The Bertz CT molecular complexity index is 435. The van der Waals surface area contributed by atoms with Gasteiger partial charge in [0.15, 0.2) is 0 Å². The molecule has 106 valence electrons. The minimum Gasteiger partial charge on any atom is -0.376 e. The number of nitrogens with one attached hydrogen (secondary N) is 2. The molecule has 3 atom stereocenters. The van der Waals surface area contributed by atoms with Crippen molar-refractivity contribution in [2.45, 2.75) is 45.3 Å². The van der Waals surface area contributed by atoms with Crippen molar-refractivity contribution in [3.63, 3.8) is 0 Å². The lowest BCUT2D eigenvalue weighted by Gasteiger charge is -2.17. The minimum absolute atomic E-state index is 0.102. The predicted octanol–water partition coefficient (Wildman–Crippen LogP) is 2.03. The van der Waals surface area contributed by atoms with Crippen LogP contribution in [0.1, 0.15) is 36.1 Å². The van der Waals surface area contributed by atoms with E-state index in [0.717, 1.165) is 18.0 Å². The van der Waals surface area contributed by atoms with Gasteiger partial charge in [-0.25, -0.2) is 9.78 Å². The van der Waals surface area contributed by atoms with Crippen molar-refractivity contribution >= 4 is 17.4 Å². The molecule has 1 aliphatic heterocycles. The lowest BCUT2D eigenvalue weighted by molar-refractivity contribution is 0.114. The van der Waals surface area contributed by atoms with Crippen LogP contribution in [0.4, 0.5) is 4.79 Å². The summed E-state index contributed by atoms with van der Waals surface area (Å²) in [6, 6.07) is -0.000101. The zero-order chi connectivity index (χ0) is 13.8. The first kappa shape index (κ1) is 14.3. The zero-order valence-electron chi connectivity index (χ0n) is 11.6. The average molecular weight is 283 g/mol. The summed E-state index contributed by atoms with van der Waals surface area (Å²) >= 11 is 1.68. The van der Waals surface area contributed by atoms with Crippen LogP contribution in [-0.4, -0.2) is 36.3 Å². The van der Waals surface area contributed by atoms with Gasteiger partial charge in [0, 0.05) is 30.1 Å². The van der Waals surface area contributed by atoms with Crippen molar-refractivity contribution < 1.29 is 9.53 Å². The quantitative estimate of drug-likeness (QED) is 0.888. The third-order valence-electron chi connectivity index (χ3n) is 3.32. The van der Waals surface area contributed by atoms with Gasteiger partial charge in [0.2, 0.25) is 0 Å². The molecule has 0 bridgehead atoms. The molecular formula is C13H21N3O2S. The van der Waals surface area contributed by atoms with E-state index in [2.05, 4.69) is 22.5 Å². The summed E-state index contributed by atoms with van der Waals surface area (Å²) in [5.41, 5.74) is 0. The van der Waals surface area contributed by atoms with E-state index in [4.69, 9.17) is 4.74 Å². The second-order valence-corrected chi connectivity index (χ2v) is 6.30. The molecule has 0 aliphatic carbocycles. The molecular weight excluding hydrogens is 262 g/mol. The Balaban J connectivity index is 1.74. The molecule has 1 saturated heterocycles. The maximum absolute atomic E-state index is 11.8. The van der Waals surface area contributed by atoms with E-state index in [1.165, 1.54) is 4.88 Å². The van der Waals surface area contributed by atoms with E-state index in [9.17, 15) is 4.79 Å². The van der Waals surface area contributed by atoms with Gasteiger partial charge in [-0.2, -0.15) is 0 Å². The predicted molar refractivity (Wildman–Crippen MR) is 75.6 cm³/mol. The van der Waals surface area contributed by atoms with Crippen LogP contribution in [0.5, 0.6) is 0 Å². The number of aromatic nitrogens is 1. The Morgan fingerprint density at radius 2 is 2.47 bits per heavy atom. The second kappa shape index (κ2) is 6.34. The van der Waals surface area contributed by atoms with E-state index in [0.29, 0.717) is 6.54 Å². The van der Waals surface area contributed by atoms with Crippen LogP contribution in [0.15, 0.2) is 6.20 Å². The Hall–Kier alpha value is -1.14. The fourth-order valence-corrected chi connectivity index (χ4v) is 2.90. The van der Waals surface area contributed by atoms with Crippen LogP contribution in [-0.2, 0) is 4.74 Å². The lowest BCUT2D eigenvalue weighted by Crippen LogP contribution is -2.45. The van der Waals surface area contributed by atoms with Crippen LogP contribution in [0.2, 0.25) is 0 Å². The fraction of sp³-hybridized carbons (Fsp3) is 0.692. The standard InChI is InChI=1S/C13H21N3O2S/c1-8(12-14-7-9(2)19-12)6-15-13(17)16-11-4-5-18-10(11)3/h7-8,10-11H,4-6H2,1-3H3,(H2,15,16,17)/t8-,10-,11+/m1/s1. The second-order valence-electron chi connectivity index (χ2n) is 5.04. The summed E-state index contributed by atoms with van der Waals surface area (Å²) in [5, 5.41) is 6.91. The summed E-state index contributed by atoms with van der Waals surface area (Å²) in [5.74, 6) is 0.238. The third-order valence-corrected chi connectivity index (χ3v) is 4.47. The largest absolute Gasteiger partial charge is 0.376 e. The number of ether oxygens (including phenoxy) is 1. The number of amides is 2. The molecule has 0 saturated carbocycles. The summed E-state index contributed by atoms with van der Waals surface area (Å²) in [6.45, 7) is 7.41. The Labute approximate surface area is 117 Å². The van der Waals surface area contributed by atoms with Gasteiger partial charge in [-0.15, -0.1) is 11.3 Å². The SMILES string of the molecule is Cc1cnc([C@H](C)CNC(=O)N[C@H]2CCO[C@@H]2C)s1. The van der Waals surface area contributed by atoms with Gasteiger partial charge in [0.25, 0.3) is 0 Å². The molecule has 1 aromatic rings. The highest BCUT2D eigenvalue weighted by Crippen LogP contribution is 2.20. The van der Waals surface area contributed by atoms with Crippen molar-refractivity contribution in [3.8, 4) is 0 Å². The van der Waals surface area contributed by atoms with Crippen LogP contribution in [0.25, 0.3) is 0 Å². The number of aryl methyl sites for hydroxylation is 1. The van der Waals surface area contributed by atoms with Gasteiger partial charge >= 0.3 is 6.03 Å². The minimum atomic E-state index is -0.123. The highest BCUT2D eigenvalue weighted by atomic mass is 32.1. The van der Waals surface area contributed by atoms with Gasteiger partial charge < -0.3 is 15.4 Å². The Kier molecular flexibility index (Phi) is 4.76. The van der Waals surface area contributed by atoms with Crippen LogP contribution < -0.4 is 10.6 Å². The maximum Gasteiger partial charge on any atom is 0.315 e. The topological polar surface area (TPSA) is 63.2 Å². The summed E-state index contributed by atoms with van der Waals surface area (Å²) in [4.78, 5) is 17.3. The number of nitrogens with zero attached hydrogens (tertiary/aromatic N) is 1. The first-order valence-corrected chi connectivity index (χ1v) is 7.46. The molecule has 1 aliphatic rings. The number of carbonyl (C=O) groups is 1. The van der Waals surface area contributed by atoms with Gasteiger partial charge in [-0.3, -0.25) is 0 Å². The molecule has 6 heteroatoms. The monoisotopic (exact) mass is 283 g/mol. The van der Waals surface area contributed by atoms with Gasteiger partial charge in [-0.05, 0) is 20.3 Å². The highest BCUT2D eigenvalue weighted by molar-refractivity contribution is 7.11. The number of thiazole rings is 1. The van der Waals surface area contributed by atoms with Crippen molar-refractivity contribution in [1.29, 1.82) is 0 Å². The number of hydrogen-bond acceptors (Lipinski definition) is 4. The average Bonchev–Trinajstić information content (AvgIpc) is 2.96. The summed E-state index contributed by atoms with van der Waals surface area (Å²) < 4.78 is 5.41. The normalized spacial score (nSPS) is 24.2. The summed E-state index contributed by atoms with van der Waals surface area (Å²) in [6.07, 6.45) is 2.86. The molecule has 19 heavy (non-hydrogen) atoms. The van der Waals surface area contributed by atoms with E-state index >= 15 is 0 Å². The molecule has 2 amide bonds. The maximum atomic E-state index is 11.8. The first-order valence-electron chi connectivity index (χ1n) is 6.64. The third kappa shape index (κ3) is 3.91. The van der Waals surface area contributed by atoms with Crippen molar-refractivity contribution in [2.75, 3.05) is 13.2 Å². The molecule has 2 N–H and O–H groups in total. The van der Waals surface area contributed by atoms with Gasteiger partial charge in [0.05, 0.1) is 17.2 Å². The highest BCUT2D eigenvalue weighted by Gasteiger charge is 2.25. The smallest absolute Gasteiger partial charge is 0.315 e. The molecule has 2 heterocycles. The van der Waals surface area contributed by atoms with Crippen molar-refractivity contribution in [3.05, 3.63) is 16.1 Å². The van der Waals surface area contributed by atoms with E-state index in [-0.39, 0.29) is 24.1 Å². The van der Waals surface area contributed by atoms with Crippen LogP contribution in [0, 0.1) is 6.92 Å². The molecule has 2 rings (SSSR count).